The Bertz CT molecular complexity index is 831. The summed E-state index contributed by atoms with van der Waals surface area (Å²) in [6, 6.07) is 9.23. The fourth-order valence-electron chi connectivity index (χ4n) is 2.20. The number of aryl methyl sites for hydroxylation is 1. The number of nitrogens with zero attached hydrogens (tertiary/aromatic N) is 1. The standard InChI is InChI=1S/C18H18N2O3S/c1-10(2)23-18(22)15-12(4)14(9-19)17(24-15)20-16(21)13-8-6-5-7-11(13)3/h5-8,10H,1-4H3,(H,20,21). The molecule has 2 aromatic rings. The lowest BCUT2D eigenvalue weighted by Crippen LogP contribution is -2.13. The van der Waals surface area contributed by atoms with Gasteiger partial charge in [-0.25, -0.2) is 4.79 Å². The molecule has 0 aliphatic carbocycles. The fourth-order valence-corrected chi connectivity index (χ4v) is 3.23. The molecule has 0 spiro atoms. The van der Waals surface area contributed by atoms with E-state index in [0.29, 0.717) is 21.0 Å². The van der Waals surface area contributed by atoms with Crippen molar-refractivity contribution >= 4 is 28.2 Å². The number of hydrogen-bond donors (Lipinski definition) is 1. The zero-order valence-corrected chi connectivity index (χ0v) is 14.8. The van der Waals surface area contributed by atoms with Crippen LogP contribution < -0.4 is 5.32 Å². The van der Waals surface area contributed by atoms with Crippen LogP contribution in [0, 0.1) is 25.2 Å². The van der Waals surface area contributed by atoms with E-state index in [1.54, 1.807) is 32.9 Å². The predicted molar refractivity (Wildman–Crippen MR) is 93.5 cm³/mol. The third-order valence-electron chi connectivity index (χ3n) is 3.40. The van der Waals surface area contributed by atoms with E-state index in [1.165, 1.54) is 0 Å². The van der Waals surface area contributed by atoms with Gasteiger partial charge in [0.25, 0.3) is 5.91 Å². The first-order valence-corrected chi connectivity index (χ1v) is 8.28. The Kier molecular flexibility index (Phi) is 5.37. The molecule has 0 radical (unpaired) electrons. The van der Waals surface area contributed by atoms with Crippen LogP contribution >= 0.6 is 11.3 Å². The van der Waals surface area contributed by atoms with Crippen molar-refractivity contribution in [1.82, 2.24) is 0 Å². The monoisotopic (exact) mass is 342 g/mol. The molecule has 0 saturated heterocycles. The molecule has 24 heavy (non-hydrogen) atoms. The number of carbonyl (C=O) groups is 2. The van der Waals surface area contributed by atoms with Gasteiger partial charge in [-0.15, -0.1) is 11.3 Å². The Morgan fingerprint density at radius 1 is 1.25 bits per heavy atom. The van der Waals surface area contributed by atoms with Crippen molar-refractivity contribution in [2.24, 2.45) is 0 Å². The van der Waals surface area contributed by atoms with Crippen LogP contribution in [-0.4, -0.2) is 18.0 Å². The summed E-state index contributed by atoms with van der Waals surface area (Å²) in [5, 5.41) is 12.5. The van der Waals surface area contributed by atoms with Crippen LogP contribution in [0.1, 0.15) is 50.6 Å². The molecular weight excluding hydrogens is 324 g/mol. The lowest BCUT2D eigenvalue weighted by atomic mass is 10.1. The average molecular weight is 342 g/mol. The van der Waals surface area contributed by atoms with Crippen molar-refractivity contribution in [3.63, 3.8) is 0 Å². The Morgan fingerprint density at radius 2 is 1.92 bits per heavy atom. The molecule has 1 heterocycles. The van der Waals surface area contributed by atoms with E-state index in [4.69, 9.17) is 4.74 Å². The highest BCUT2D eigenvalue weighted by molar-refractivity contribution is 7.18. The minimum atomic E-state index is -0.486. The molecule has 1 amide bonds. The molecule has 6 heteroatoms. The SMILES string of the molecule is Cc1ccccc1C(=O)Nc1sc(C(=O)OC(C)C)c(C)c1C#N. The second kappa shape index (κ2) is 7.28. The van der Waals surface area contributed by atoms with E-state index in [-0.39, 0.29) is 17.6 Å². The highest BCUT2D eigenvalue weighted by Crippen LogP contribution is 2.33. The molecule has 2 rings (SSSR count). The number of rotatable bonds is 4. The maximum Gasteiger partial charge on any atom is 0.348 e. The number of amides is 1. The number of benzene rings is 1. The first-order valence-electron chi connectivity index (χ1n) is 7.46. The van der Waals surface area contributed by atoms with Gasteiger partial charge >= 0.3 is 5.97 Å². The zero-order valence-electron chi connectivity index (χ0n) is 14.0. The normalized spacial score (nSPS) is 10.3. The fraction of sp³-hybridized carbons (Fsp3) is 0.278. The van der Waals surface area contributed by atoms with Crippen LogP contribution in [-0.2, 0) is 4.74 Å². The smallest absolute Gasteiger partial charge is 0.348 e. The number of nitriles is 1. The van der Waals surface area contributed by atoms with Crippen LogP contribution in [0.3, 0.4) is 0 Å². The third-order valence-corrected chi connectivity index (χ3v) is 4.59. The molecule has 0 bridgehead atoms. The van der Waals surface area contributed by atoms with Crippen molar-refractivity contribution < 1.29 is 14.3 Å². The average Bonchev–Trinajstić information content (AvgIpc) is 2.82. The number of hydrogen-bond acceptors (Lipinski definition) is 5. The van der Waals surface area contributed by atoms with Crippen molar-refractivity contribution in [3.8, 4) is 6.07 Å². The Morgan fingerprint density at radius 3 is 2.50 bits per heavy atom. The summed E-state index contributed by atoms with van der Waals surface area (Å²) in [6.45, 7) is 7.03. The van der Waals surface area contributed by atoms with Crippen LogP contribution in [0.15, 0.2) is 24.3 Å². The number of thiophene rings is 1. The molecule has 0 fully saturated rings. The van der Waals surface area contributed by atoms with Gasteiger partial charge in [0.15, 0.2) is 0 Å². The van der Waals surface area contributed by atoms with E-state index in [9.17, 15) is 14.9 Å². The van der Waals surface area contributed by atoms with Gasteiger partial charge in [-0.1, -0.05) is 18.2 Å². The molecule has 1 aromatic heterocycles. The molecule has 0 aliphatic heterocycles. The summed E-state index contributed by atoms with van der Waals surface area (Å²) in [6.07, 6.45) is -0.255. The minimum Gasteiger partial charge on any atom is -0.459 e. The Hall–Kier alpha value is -2.65. The Labute approximate surface area is 144 Å². The summed E-state index contributed by atoms with van der Waals surface area (Å²) in [5.74, 6) is -0.796. The van der Waals surface area contributed by atoms with Crippen LogP contribution in [0.5, 0.6) is 0 Å². The van der Waals surface area contributed by atoms with E-state index in [2.05, 4.69) is 11.4 Å². The van der Waals surface area contributed by atoms with E-state index >= 15 is 0 Å². The summed E-state index contributed by atoms with van der Waals surface area (Å²) < 4.78 is 5.19. The molecule has 5 nitrogen and oxygen atoms in total. The lowest BCUT2D eigenvalue weighted by molar-refractivity contribution is 0.0383. The van der Waals surface area contributed by atoms with Crippen LogP contribution in [0.2, 0.25) is 0 Å². The maximum absolute atomic E-state index is 12.4. The summed E-state index contributed by atoms with van der Waals surface area (Å²) in [5.41, 5.74) is 2.17. The second-order valence-electron chi connectivity index (χ2n) is 5.60. The molecule has 0 aliphatic rings. The molecule has 124 valence electrons. The highest BCUT2D eigenvalue weighted by Gasteiger charge is 2.23. The van der Waals surface area contributed by atoms with E-state index in [1.807, 2.05) is 19.1 Å². The van der Waals surface area contributed by atoms with Crippen molar-refractivity contribution in [2.45, 2.75) is 33.8 Å². The summed E-state index contributed by atoms with van der Waals surface area (Å²) in [4.78, 5) is 24.9. The molecule has 1 N–H and O–H groups in total. The summed E-state index contributed by atoms with van der Waals surface area (Å²) >= 11 is 1.06. The van der Waals surface area contributed by atoms with Gasteiger partial charge in [0, 0.05) is 5.56 Å². The summed E-state index contributed by atoms with van der Waals surface area (Å²) in [7, 11) is 0. The quantitative estimate of drug-likeness (QED) is 0.850. The second-order valence-corrected chi connectivity index (χ2v) is 6.62. The number of ether oxygens (including phenoxy) is 1. The van der Waals surface area contributed by atoms with Crippen LogP contribution in [0.4, 0.5) is 5.00 Å². The topological polar surface area (TPSA) is 79.2 Å². The first kappa shape index (κ1) is 17.7. The molecule has 1 aromatic carbocycles. The predicted octanol–water partition coefficient (Wildman–Crippen LogP) is 4.05. The number of anilines is 1. The van der Waals surface area contributed by atoms with Crippen molar-refractivity contribution in [1.29, 1.82) is 5.26 Å². The van der Waals surface area contributed by atoms with Gasteiger partial charge in [0.1, 0.15) is 15.9 Å². The molecule has 0 saturated carbocycles. The molecule has 0 unspecified atom stereocenters. The van der Waals surface area contributed by atoms with Gasteiger partial charge in [-0.05, 0) is 44.9 Å². The van der Waals surface area contributed by atoms with Gasteiger partial charge in [0.05, 0.1) is 11.7 Å². The number of esters is 1. The lowest BCUT2D eigenvalue weighted by Gasteiger charge is -2.06. The largest absolute Gasteiger partial charge is 0.459 e. The number of nitrogens with one attached hydrogen (secondary N) is 1. The molecule has 0 atom stereocenters. The van der Waals surface area contributed by atoms with E-state index < -0.39 is 5.97 Å². The van der Waals surface area contributed by atoms with Crippen molar-refractivity contribution in [2.75, 3.05) is 5.32 Å². The third kappa shape index (κ3) is 3.63. The minimum absolute atomic E-state index is 0.255. The first-order chi connectivity index (χ1) is 11.3. The van der Waals surface area contributed by atoms with Crippen LogP contribution in [0.25, 0.3) is 0 Å². The van der Waals surface area contributed by atoms with Gasteiger partial charge in [0.2, 0.25) is 0 Å². The van der Waals surface area contributed by atoms with Gasteiger partial charge < -0.3 is 10.1 Å². The zero-order chi connectivity index (χ0) is 17.9. The molecular formula is C18H18N2O3S. The number of carbonyl (C=O) groups excluding carboxylic acids is 2. The van der Waals surface area contributed by atoms with E-state index in [0.717, 1.165) is 16.9 Å². The highest BCUT2D eigenvalue weighted by atomic mass is 32.1. The van der Waals surface area contributed by atoms with Gasteiger partial charge in [-0.3, -0.25) is 4.79 Å². The maximum atomic E-state index is 12.4. The Balaban J connectivity index is 2.34. The van der Waals surface area contributed by atoms with Crippen molar-refractivity contribution in [3.05, 3.63) is 51.4 Å². The van der Waals surface area contributed by atoms with Gasteiger partial charge in [-0.2, -0.15) is 5.26 Å².